The monoisotopic (exact) mass is 322 g/mol. The van der Waals surface area contributed by atoms with Crippen molar-refractivity contribution in [3.05, 3.63) is 40.2 Å². The average Bonchev–Trinajstić information content (AvgIpc) is 2.54. The van der Waals surface area contributed by atoms with Crippen LogP contribution in [0.1, 0.15) is 17.9 Å². The van der Waals surface area contributed by atoms with Crippen LogP contribution in [-0.4, -0.2) is 46.1 Å². The van der Waals surface area contributed by atoms with Crippen molar-refractivity contribution < 1.29 is 8.78 Å². The van der Waals surface area contributed by atoms with Crippen LogP contribution in [0.2, 0.25) is 0 Å². The summed E-state index contributed by atoms with van der Waals surface area (Å²) < 4.78 is 25.5. The molecule has 9 heteroatoms. The van der Waals surface area contributed by atoms with Crippen molar-refractivity contribution in [2.24, 2.45) is 0 Å². The van der Waals surface area contributed by atoms with E-state index < -0.39 is 17.7 Å². The lowest BCUT2D eigenvalue weighted by molar-refractivity contribution is 0.146. The van der Waals surface area contributed by atoms with E-state index in [1.165, 1.54) is 0 Å². The highest BCUT2D eigenvalue weighted by atomic mass is 19.3. The molecule has 0 saturated carbocycles. The fraction of sp³-hybridized carbons (Fsp3) is 0.429. The van der Waals surface area contributed by atoms with Gasteiger partial charge in [0.15, 0.2) is 0 Å². The Bertz CT molecular complexity index is 742. The van der Waals surface area contributed by atoms with Crippen molar-refractivity contribution >= 4 is 11.8 Å². The van der Waals surface area contributed by atoms with Gasteiger partial charge < -0.3 is 9.80 Å². The Morgan fingerprint density at radius 2 is 1.87 bits per heavy atom. The van der Waals surface area contributed by atoms with Gasteiger partial charge in [-0.25, -0.2) is 23.7 Å². The topological polar surface area (TPSA) is 78.0 Å². The minimum absolute atomic E-state index is 0.186. The lowest BCUT2D eigenvalue weighted by atomic mass is 10.3. The van der Waals surface area contributed by atoms with E-state index in [0.29, 0.717) is 32.0 Å². The van der Waals surface area contributed by atoms with Gasteiger partial charge in [-0.1, -0.05) is 0 Å². The predicted octanol–water partition coefficient (Wildman–Crippen LogP) is 1.13. The van der Waals surface area contributed by atoms with Gasteiger partial charge in [0.05, 0.1) is 0 Å². The molecule has 1 aliphatic rings. The van der Waals surface area contributed by atoms with Gasteiger partial charge in [-0.3, -0.25) is 9.78 Å². The molecule has 3 heterocycles. The van der Waals surface area contributed by atoms with Crippen LogP contribution in [0.4, 0.5) is 20.5 Å². The first-order valence-corrected chi connectivity index (χ1v) is 7.22. The van der Waals surface area contributed by atoms with Crippen molar-refractivity contribution in [2.75, 3.05) is 36.0 Å². The summed E-state index contributed by atoms with van der Waals surface area (Å²) in [5.41, 5.74) is -1.07. The first kappa shape index (κ1) is 15.3. The maximum Gasteiger partial charge on any atom is 0.280 e. The van der Waals surface area contributed by atoms with Gasteiger partial charge in [-0.15, -0.1) is 0 Å². The van der Waals surface area contributed by atoms with E-state index >= 15 is 0 Å². The number of hydrogen-bond acceptors (Lipinski definition) is 6. The highest BCUT2D eigenvalue weighted by molar-refractivity contribution is 5.41. The van der Waals surface area contributed by atoms with Gasteiger partial charge in [-0.2, -0.15) is 0 Å². The number of anilines is 2. The molecule has 0 radical (unpaired) electrons. The van der Waals surface area contributed by atoms with Gasteiger partial charge in [0, 0.05) is 38.4 Å². The smallest absolute Gasteiger partial charge is 0.280 e. The van der Waals surface area contributed by atoms with E-state index in [9.17, 15) is 13.6 Å². The Hall–Kier alpha value is -2.58. The third-order valence-corrected chi connectivity index (χ3v) is 3.64. The second-order valence-corrected chi connectivity index (χ2v) is 5.23. The van der Waals surface area contributed by atoms with Crippen molar-refractivity contribution in [1.82, 2.24) is 19.9 Å². The lowest BCUT2D eigenvalue weighted by Gasteiger charge is -2.35. The molecule has 2 aromatic heterocycles. The summed E-state index contributed by atoms with van der Waals surface area (Å²) in [4.78, 5) is 30.2. The van der Waals surface area contributed by atoms with Crippen LogP contribution >= 0.6 is 0 Å². The summed E-state index contributed by atoms with van der Waals surface area (Å²) >= 11 is 0. The van der Waals surface area contributed by atoms with E-state index in [1.54, 1.807) is 11.1 Å². The molecule has 0 spiro atoms. The van der Waals surface area contributed by atoms with Crippen LogP contribution in [0.25, 0.3) is 0 Å². The van der Waals surface area contributed by atoms with Crippen molar-refractivity contribution in [1.29, 1.82) is 0 Å². The van der Waals surface area contributed by atoms with E-state index in [4.69, 9.17) is 0 Å². The van der Waals surface area contributed by atoms with E-state index in [-0.39, 0.29) is 5.95 Å². The molecule has 0 aliphatic carbocycles. The van der Waals surface area contributed by atoms with E-state index in [1.807, 2.05) is 13.0 Å². The lowest BCUT2D eigenvalue weighted by Crippen LogP contribution is -2.47. The minimum Gasteiger partial charge on any atom is -0.353 e. The normalized spacial score (nSPS) is 15.3. The molecule has 0 bridgehead atoms. The van der Waals surface area contributed by atoms with Crippen molar-refractivity contribution in [2.45, 2.75) is 13.3 Å². The molecule has 0 amide bonds. The maximum absolute atomic E-state index is 12.8. The Morgan fingerprint density at radius 1 is 1.17 bits per heavy atom. The summed E-state index contributed by atoms with van der Waals surface area (Å²) in [5, 5.41) is 0. The Balaban J connectivity index is 1.73. The second kappa shape index (κ2) is 6.27. The zero-order valence-electron chi connectivity index (χ0n) is 12.5. The summed E-state index contributed by atoms with van der Waals surface area (Å²) in [6.07, 6.45) is -1.06. The standard InChI is InChI=1S/C14H16F2N6O/c1-9-17-3-2-11(18-9)21-4-6-22(7-5-21)14-19-10(13(15)16)8-12(23)20-14/h2-3,8,13H,4-7H2,1H3,(H,19,20,23). The van der Waals surface area contributed by atoms with Gasteiger partial charge in [0.25, 0.3) is 12.0 Å². The number of H-pyrrole nitrogens is 1. The second-order valence-electron chi connectivity index (χ2n) is 5.23. The quantitative estimate of drug-likeness (QED) is 0.913. The first-order chi connectivity index (χ1) is 11.0. The van der Waals surface area contributed by atoms with Crippen LogP contribution in [0.5, 0.6) is 0 Å². The molecule has 7 nitrogen and oxygen atoms in total. The van der Waals surface area contributed by atoms with E-state index in [0.717, 1.165) is 11.9 Å². The number of nitrogens with one attached hydrogen (secondary N) is 1. The van der Waals surface area contributed by atoms with Crippen LogP contribution in [0.3, 0.4) is 0 Å². The molecule has 1 N–H and O–H groups in total. The Labute approximate surface area is 131 Å². The average molecular weight is 322 g/mol. The molecule has 0 unspecified atom stereocenters. The zero-order valence-corrected chi connectivity index (χ0v) is 12.5. The number of aromatic amines is 1. The highest BCUT2D eigenvalue weighted by Gasteiger charge is 2.21. The zero-order chi connectivity index (χ0) is 16.4. The molecule has 1 fully saturated rings. The molecule has 2 aromatic rings. The summed E-state index contributed by atoms with van der Waals surface area (Å²) in [5.74, 6) is 1.71. The Morgan fingerprint density at radius 3 is 2.52 bits per heavy atom. The third-order valence-electron chi connectivity index (χ3n) is 3.64. The molecule has 1 saturated heterocycles. The molecule has 3 rings (SSSR count). The Kier molecular flexibility index (Phi) is 4.18. The first-order valence-electron chi connectivity index (χ1n) is 7.22. The predicted molar refractivity (Wildman–Crippen MR) is 81.0 cm³/mol. The van der Waals surface area contributed by atoms with Gasteiger partial charge in [0.2, 0.25) is 5.95 Å². The van der Waals surface area contributed by atoms with Crippen LogP contribution in [-0.2, 0) is 0 Å². The molecule has 0 atom stereocenters. The van der Waals surface area contributed by atoms with Gasteiger partial charge >= 0.3 is 0 Å². The molecule has 0 aromatic carbocycles. The van der Waals surface area contributed by atoms with Crippen molar-refractivity contribution in [3.8, 4) is 0 Å². The van der Waals surface area contributed by atoms with Crippen LogP contribution in [0.15, 0.2) is 23.1 Å². The number of aromatic nitrogens is 4. The van der Waals surface area contributed by atoms with Crippen LogP contribution in [0, 0.1) is 6.92 Å². The molecule has 122 valence electrons. The SMILES string of the molecule is Cc1nccc(N2CCN(c3nc(C(F)F)cc(=O)[nH]3)CC2)n1. The summed E-state index contributed by atoms with van der Waals surface area (Å²) in [7, 11) is 0. The van der Waals surface area contributed by atoms with Crippen LogP contribution < -0.4 is 15.4 Å². The van der Waals surface area contributed by atoms with Gasteiger partial charge in [0.1, 0.15) is 17.3 Å². The highest BCUT2D eigenvalue weighted by Crippen LogP contribution is 2.19. The number of piperazine rings is 1. The minimum atomic E-state index is -2.76. The summed E-state index contributed by atoms with van der Waals surface area (Å²) in [6, 6.07) is 2.66. The maximum atomic E-state index is 12.8. The van der Waals surface area contributed by atoms with Crippen molar-refractivity contribution in [3.63, 3.8) is 0 Å². The summed E-state index contributed by atoms with van der Waals surface area (Å²) in [6.45, 7) is 4.24. The fourth-order valence-electron chi connectivity index (χ4n) is 2.49. The van der Waals surface area contributed by atoms with Gasteiger partial charge in [-0.05, 0) is 13.0 Å². The fourth-order valence-corrected chi connectivity index (χ4v) is 2.49. The number of rotatable bonds is 3. The number of nitrogens with zero attached hydrogens (tertiary/aromatic N) is 5. The number of alkyl halides is 2. The molecule has 1 aliphatic heterocycles. The molecular formula is C14H16F2N6O. The molecule has 23 heavy (non-hydrogen) atoms. The number of halogens is 2. The number of hydrogen-bond donors (Lipinski definition) is 1. The number of aryl methyl sites for hydroxylation is 1. The largest absolute Gasteiger partial charge is 0.353 e. The molecular weight excluding hydrogens is 306 g/mol. The van der Waals surface area contributed by atoms with E-state index in [2.05, 4.69) is 24.8 Å². The third kappa shape index (κ3) is 3.43.